The zero-order valence-electron chi connectivity index (χ0n) is 19.5. The van der Waals surface area contributed by atoms with Crippen LogP contribution < -0.4 is 25.9 Å². The quantitative estimate of drug-likeness (QED) is 0.475. The fourth-order valence-electron chi connectivity index (χ4n) is 3.59. The Morgan fingerprint density at radius 1 is 1.29 bits per heavy atom. The number of nitrogens with two attached hydrogens (primary N) is 1. The van der Waals surface area contributed by atoms with Gasteiger partial charge >= 0.3 is 6.03 Å². The molecule has 0 bridgehead atoms. The van der Waals surface area contributed by atoms with Crippen molar-refractivity contribution in [3.8, 4) is 11.5 Å². The molecule has 2 aromatic rings. The summed E-state index contributed by atoms with van der Waals surface area (Å²) in [4.78, 5) is 44.6. The van der Waals surface area contributed by atoms with Gasteiger partial charge in [-0.15, -0.1) is 0 Å². The van der Waals surface area contributed by atoms with E-state index in [1.807, 2.05) is 6.07 Å². The third-order valence-corrected chi connectivity index (χ3v) is 5.72. The maximum Gasteiger partial charge on any atom is 0.325 e. The van der Waals surface area contributed by atoms with Crippen molar-refractivity contribution >= 4 is 35.3 Å². The molecule has 1 aliphatic rings. The summed E-state index contributed by atoms with van der Waals surface area (Å²) in [6.07, 6.45) is 0.530. The van der Waals surface area contributed by atoms with E-state index < -0.39 is 29.8 Å². The Hall–Kier alpha value is -3.79. The standard InChI is InChI=1S/C24H28ClN5O5/c1-3-19(22(26)31)28-24(33)30-14-21(29-35-18-7-5-4-6-8-18)27-13-16(23(30)32)11-15-12-17(25)9-10-20(15)34-2/h4-10,12,16,19H,3,11,13-14H2,1-2H3,(H2,26,31)(H,27,29)(H,28,33)/t16-,19?/m1/s1. The molecule has 1 aliphatic heterocycles. The van der Waals surface area contributed by atoms with Crippen LogP contribution in [0.15, 0.2) is 53.7 Å². The second-order valence-corrected chi connectivity index (χ2v) is 8.35. The molecular weight excluding hydrogens is 474 g/mol. The van der Waals surface area contributed by atoms with E-state index in [0.29, 0.717) is 22.1 Å². The Morgan fingerprint density at radius 3 is 2.69 bits per heavy atom. The number of urea groups is 1. The highest BCUT2D eigenvalue weighted by atomic mass is 35.5. The summed E-state index contributed by atoms with van der Waals surface area (Å²) < 4.78 is 5.41. The van der Waals surface area contributed by atoms with Gasteiger partial charge in [0.05, 0.1) is 19.6 Å². The fraction of sp³-hybridized carbons (Fsp3) is 0.333. The zero-order valence-corrected chi connectivity index (χ0v) is 20.2. The van der Waals surface area contributed by atoms with Crippen molar-refractivity contribution in [1.82, 2.24) is 15.5 Å². The number of amides is 4. The molecule has 186 valence electrons. The number of para-hydroxylation sites is 1. The monoisotopic (exact) mass is 501 g/mol. The molecule has 0 aromatic heterocycles. The molecule has 11 heteroatoms. The second kappa shape index (κ2) is 12.1. The summed E-state index contributed by atoms with van der Waals surface area (Å²) >= 11 is 6.15. The third-order valence-electron chi connectivity index (χ3n) is 5.48. The lowest BCUT2D eigenvalue weighted by atomic mass is 9.97. The van der Waals surface area contributed by atoms with Gasteiger partial charge in [-0.3, -0.25) is 14.5 Å². The van der Waals surface area contributed by atoms with E-state index in [1.54, 1.807) is 49.4 Å². The SMILES string of the molecule is CCC(NC(=O)N1C/C(=N/Oc2ccccc2)NC[C@@H](Cc2cc(Cl)ccc2OC)C1=O)C(N)=O. The van der Waals surface area contributed by atoms with Crippen LogP contribution in [0.2, 0.25) is 5.02 Å². The summed E-state index contributed by atoms with van der Waals surface area (Å²) in [6, 6.07) is 12.3. The number of imide groups is 1. The number of halogens is 1. The Bertz CT molecular complexity index is 1090. The molecule has 2 atom stereocenters. The number of nitrogens with one attached hydrogen (secondary N) is 2. The molecule has 0 spiro atoms. The van der Waals surface area contributed by atoms with Crippen LogP contribution in [-0.4, -0.2) is 54.8 Å². The first kappa shape index (κ1) is 25.8. The van der Waals surface area contributed by atoms with Gasteiger partial charge in [0.25, 0.3) is 0 Å². The van der Waals surface area contributed by atoms with Crippen LogP contribution in [0.4, 0.5) is 4.79 Å². The number of ether oxygens (including phenoxy) is 1. The largest absolute Gasteiger partial charge is 0.496 e. The number of nitrogens with zero attached hydrogens (tertiary/aromatic N) is 2. The minimum atomic E-state index is -0.918. The first-order valence-electron chi connectivity index (χ1n) is 11.1. The number of primary amides is 1. The molecule has 4 amide bonds. The number of amidine groups is 1. The molecule has 0 aliphatic carbocycles. The molecule has 2 aromatic carbocycles. The molecule has 1 saturated heterocycles. The lowest BCUT2D eigenvalue weighted by molar-refractivity contribution is -0.131. The van der Waals surface area contributed by atoms with Crippen LogP contribution in [0, 0.1) is 5.92 Å². The molecular formula is C24H28ClN5O5. The lowest BCUT2D eigenvalue weighted by Gasteiger charge is -2.24. The van der Waals surface area contributed by atoms with Crippen LogP contribution in [-0.2, 0) is 16.0 Å². The molecule has 35 heavy (non-hydrogen) atoms. The van der Waals surface area contributed by atoms with Crippen molar-refractivity contribution in [3.05, 3.63) is 59.1 Å². The lowest BCUT2D eigenvalue weighted by Crippen LogP contribution is -2.53. The molecule has 4 N–H and O–H groups in total. The van der Waals surface area contributed by atoms with Crippen molar-refractivity contribution in [3.63, 3.8) is 0 Å². The highest BCUT2D eigenvalue weighted by Gasteiger charge is 2.35. The van der Waals surface area contributed by atoms with Crippen LogP contribution in [0.1, 0.15) is 18.9 Å². The van der Waals surface area contributed by atoms with Gasteiger partial charge in [0.2, 0.25) is 11.8 Å². The fourth-order valence-corrected chi connectivity index (χ4v) is 3.78. The van der Waals surface area contributed by atoms with E-state index in [0.717, 1.165) is 4.90 Å². The summed E-state index contributed by atoms with van der Waals surface area (Å²) in [7, 11) is 1.53. The minimum Gasteiger partial charge on any atom is -0.496 e. The first-order valence-corrected chi connectivity index (χ1v) is 11.5. The van der Waals surface area contributed by atoms with Crippen molar-refractivity contribution < 1.29 is 24.0 Å². The van der Waals surface area contributed by atoms with Gasteiger partial charge in [-0.25, -0.2) is 4.79 Å². The van der Waals surface area contributed by atoms with Crippen LogP contribution in [0.25, 0.3) is 0 Å². The molecule has 1 heterocycles. The maximum absolute atomic E-state index is 13.5. The first-order chi connectivity index (χ1) is 16.8. The van der Waals surface area contributed by atoms with Crippen LogP contribution in [0.5, 0.6) is 11.5 Å². The summed E-state index contributed by atoms with van der Waals surface area (Å²) in [5.41, 5.74) is 6.08. The van der Waals surface area contributed by atoms with Gasteiger partial charge in [0.15, 0.2) is 11.6 Å². The molecule has 3 rings (SSSR count). The third kappa shape index (κ3) is 6.86. The molecule has 1 fully saturated rings. The molecule has 0 radical (unpaired) electrons. The summed E-state index contributed by atoms with van der Waals surface area (Å²) in [5, 5.41) is 10.2. The molecule has 1 unspecified atom stereocenters. The van der Waals surface area contributed by atoms with Gasteiger partial charge in [-0.2, -0.15) is 0 Å². The van der Waals surface area contributed by atoms with Gasteiger partial charge in [0, 0.05) is 11.6 Å². The van der Waals surface area contributed by atoms with Crippen LogP contribution >= 0.6 is 11.6 Å². The Balaban J connectivity index is 1.88. The number of hydrogen-bond acceptors (Lipinski definition) is 6. The van der Waals surface area contributed by atoms with Gasteiger partial charge in [-0.05, 0) is 48.7 Å². The Morgan fingerprint density at radius 2 is 2.03 bits per heavy atom. The van der Waals surface area contributed by atoms with Crippen molar-refractivity contribution in [2.75, 3.05) is 20.2 Å². The zero-order chi connectivity index (χ0) is 25.4. The van der Waals surface area contributed by atoms with E-state index in [2.05, 4.69) is 15.8 Å². The van der Waals surface area contributed by atoms with E-state index in [9.17, 15) is 14.4 Å². The van der Waals surface area contributed by atoms with E-state index in [1.165, 1.54) is 7.11 Å². The van der Waals surface area contributed by atoms with Crippen molar-refractivity contribution in [2.45, 2.75) is 25.8 Å². The van der Waals surface area contributed by atoms with Crippen molar-refractivity contribution in [1.29, 1.82) is 0 Å². The average molecular weight is 502 g/mol. The highest BCUT2D eigenvalue weighted by molar-refractivity contribution is 6.30. The van der Waals surface area contributed by atoms with E-state index in [4.69, 9.17) is 26.9 Å². The average Bonchev–Trinajstić information content (AvgIpc) is 3.00. The van der Waals surface area contributed by atoms with Gasteiger partial charge in [-0.1, -0.05) is 41.9 Å². The number of methoxy groups -OCH3 is 1. The van der Waals surface area contributed by atoms with Gasteiger partial charge < -0.3 is 25.9 Å². The number of carbonyl (C=O) groups excluding carboxylic acids is 3. The number of hydrogen-bond donors (Lipinski definition) is 3. The second-order valence-electron chi connectivity index (χ2n) is 7.92. The summed E-state index contributed by atoms with van der Waals surface area (Å²) in [6.45, 7) is 1.70. The summed E-state index contributed by atoms with van der Waals surface area (Å²) in [5.74, 6) is -0.475. The topological polar surface area (TPSA) is 135 Å². The number of oxime groups is 1. The van der Waals surface area contributed by atoms with Crippen LogP contribution in [0.3, 0.4) is 0 Å². The maximum atomic E-state index is 13.5. The highest BCUT2D eigenvalue weighted by Crippen LogP contribution is 2.26. The number of carbonyl (C=O) groups is 3. The predicted octanol–water partition coefficient (Wildman–Crippen LogP) is 2.31. The van der Waals surface area contributed by atoms with E-state index in [-0.39, 0.29) is 31.8 Å². The van der Waals surface area contributed by atoms with E-state index >= 15 is 0 Å². The predicted molar refractivity (Wildman–Crippen MR) is 131 cm³/mol. The number of rotatable bonds is 8. The molecule has 0 saturated carbocycles. The Labute approximate surface area is 208 Å². The minimum absolute atomic E-state index is 0.183. The Kier molecular flexibility index (Phi) is 8.91. The normalized spacial score (nSPS) is 17.8. The van der Waals surface area contributed by atoms with Crippen molar-refractivity contribution in [2.24, 2.45) is 16.8 Å². The molecule has 10 nitrogen and oxygen atoms in total. The number of benzene rings is 2. The smallest absolute Gasteiger partial charge is 0.325 e. The van der Waals surface area contributed by atoms with Gasteiger partial charge in [0.1, 0.15) is 11.8 Å².